The third-order valence-electron chi connectivity index (χ3n) is 1.92. The summed E-state index contributed by atoms with van der Waals surface area (Å²) in [5.41, 5.74) is 0.218. The second-order valence-corrected chi connectivity index (χ2v) is 3.27. The number of rotatable bonds is 5. The van der Waals surface area contributed by atoms with Crippen molar-refractivity contribution in [1.82, 2.24) is 0 Å². The molecular formula is C10H9F5O2. The second kappa shape index (κ2) is 5.31. The average Bonchev–Trinajstić information content (AvgIpc) is 2.27. The van der Waals surface area contributed by atoms with Crippen molar-refractivity contribution in [2.45, 2.75) is 19.0 Å². The van der Waals surface area contributed by atoms with Crippen molar-refractivity contribution in [3.05, 3.63) is 29.6 Å². The van der Waals surface area contributed by atoms with Crippen molar-refractivity contribution >= 4 is 0 Å². The molecular weight excluding hydrogens is 247 g/mol. The summed E-state index contributed by atoms with van der Waals surface area (Å²) in [5, 5.41) is 8.66. The molecule has 0 aliphatic rings. The van der Waals surface area contributed by atoms with Crippen LogP contribution in [0, 0.1) is 5.82 Å². The molecule has 0 saturated heterocycles. The van der Waals surface area contributed by atoms with Crippen LogP contribution >= 0.6 is 0 Å². The molecule has 1 N–H and O–H groups in total. The Hall–Kier alpha value is -1.37. The zero-order valence-electron chi connectivity index (χ0n) is 8.47. The fourth-order valence-corrected chi connectivity index (χ4v) is 0.997. The first kappa shape index (κ1) is 13.7. The van der Waals surface area contributed by atoms with Gasteiger partial charge in [-0.05, 0) is 17.7 Å². The molecule has 1 aromatic carbocycles. The van der Waals surface area contributed by atoms with E-state index in [9.17, 15) is 22.0 Å². The van der Waals surface area contributed by atoms with E-state index in [0.717, 1.165) is 12.1 Å². The normalized spacial score (nSPS) is 11.9. The molecule has 1 aromatic rings. The van der Waals surface area contributed by atoms with Gasteiger partial charge in [-0.3, -0.25) is 0 Å². The van der Waals surface area contributed by atoms with Crippen molar-refractivity contribution in [2.24, 2.45) is 0 Å². The maximum Gasteiger partial charge on any atom is 0.340 e. The Labute approximate surface area is 93.6 Å². The molecule has 0 aliphatic carbocycles. The van der Waals surface area contributed by atoms with Crippen molar-refractivity contribution in [3.63, 3.8) is 0 Å². The summed E-state index contributed by atoms with van der Waals surface area (Å²) in [6.07, 6.45) is -3.87. The highest BCUT2D eigenvalue weighted by Gasteiger charge is 2.41. The van der Waals surface area contributed by atoms with Crippen LogP contribution < -0.4 is 4.74 Å². The largest absolute Gasteiger partial charge is 0.484 e. The molecule has 0 bridgehead atoms. The van der Waals surface area contributed by atoms with Gasteiger partial charge in [0.2, 0.25) is 0 Å². The summed E-state index contributed by atoms with van der Waals surface area (Å²) in [6, 6.07) is 3.09. The van der Waals surface area contributed by atoms with Gasteiger partial charge in [0.05, 0.1) is 6.61 Å². The van der Waals surface area contributed by atoms with Crippen LogP contribution in [0.1, 0.15) is 5.56 Å². The number of ether oxygens (including phenoxy) is 1. The number of halogens is 5. The highest BCUT2D eigenvalue weighted by molar-refractivity contribution is 5.29. The molecule has 0 atom stereocenters. The fourth-order valence-electron chi connectivity index (χ4n) is 0.997. The maximum absolute atomic E-state index is 13.1. The van der Waals surface area contributed by atoms with Crippen molar-refractivity contribution < 1.29 is 31.8 Å². The van der Waals surface area contributed by atoms with Gasteiger partial charge >= 0.3 is 12.3 Å². The standard InChI is InChI=1S/C10H9F5O2/c11-7-3-6(4-16)1-2-8(7)17-5-10(14,15)9(12)13/h1-3,9,16H,4-5H2. The topological polar surface area (TPSA) is 29.5 Å². The van der Waals surface area contributed by atoms with E-state index in [0.29, 0.717) is 0 Å². The Balaban J connectivity index is 2.70. The lowest BCUT2D eigenvalue weighted by molar-refractivity contribution is -0.148. The van der Waals surface area contributed by atoms with E-state index < -0.39 is 37.1 Å². The van der Waals surface area contributed by atoms with E-state index in [1.165, 1.54) is 6.07 Å². The predicted molar refractivity (Wildman–Crippen MR) is 48.8 cm³/mol. The van der Waals surface area contributed by atoms with Gasteiger partial charge in [-0.1, -0.05) is 6.07 Å². The summed E-state index contributed by atoms with van der Waals surface area (Å²) in [7, 11) is 0. The average molecular weight is 256 g/mol. The molecule has 0 saturated carbocycles. The Kier molecular flexibility index (Phi) is 4.28. The summed E-state index contributed by atoms with van der Waals surface area (Å²) in [4.78, 5) is 0. The third kappa shape index (κ3) is 3.55. The van der Waals surface area contributed by atoms with Crippen LogP contribution in [-0.4, -0.2) is 24.1 Å². The zero-order chi connectivity index (χ0) is 13.1. The van der Waals surface area contributed by atoms with Crippen molar-refractivity contribution in [1.29, 1.82) is 0 Å². The molecule has 1 rings (SSSR count). The van der Waals surface area contributed by atoms with Crippen LogP contribution in [0.15, 0.2) is 18.2 Å². The van der Waals surface area contributed by atoms with Gasteiger partial charge in [0.1, 0.15) is 0 Å². The number of hydrogen-bond acceptors (Lipinski definition) is 2. The van der Waals surface area contributed by atoms with Crippen molar-refractivity contribution in [3.8, 4) is 5.75 Å². The predicted octanol–water partition coefficient (Wildman–Crippen LogP) is 2.60. The minimum absolute atomic E-state index is 0.218. The van der Waals surface area contributed by atoms with Crippen LogP contribution in [0.4, 0.5) is 22.0 Å². The lowest BCUT2D eigenvalue weighted by atomic mass is 10.2. The van der Waals surface area contributed by atoms with E-state index in [1.807, 2.05) is 0 Å². The Morgan fingerprint density at radius 1 is 1.29 bits per heavy atom. The third-order valence-corrected chi connectivity index (χ3v) is 1.92. The first-order valence-corrected chi connectivity index (χ1v) is 4.55. The smallest absolute Gasteiger partial charge is 0.340 e. The molecule has 0 fully saturated rings. The van der Waals surface area contributed by atoms with Crippen LogP contribution in [0.5, 0.6) is 5.75 Å². The summed E-state index contributed by atoms with van der Waals surface area (Å²) >= 11 is 0. The number of aliphatic hydroxyl groups is 1. The number of hydrogen-bond donors (Lipinski definition) is 1. The van der Waals surface area contributed by atoms with Crippen LogP contribution in [0.3, 0.4) is 0 Å². The number of benzene rings is 1. The molecule has 0 aliphatic heterocycles. The Morgan fingerprint density at radius 3 is 2.41 bits per heavy atom. The molecule has 17 heavy (non-hydrogen) atoms. The van der Waals surface area contributed by atoms with E-state index in [-0.39, 0.29) is 5.56 Å². The lowest BCUT2D eigenvalue weighted by Crippen LogP contribution is -2.33. The van der Waals surface area contributed by atoms with Crippen LogP contribution in [0.25, 0.3) is 0 Å². The first-order valence-electron chi connectivity index (χ1n) is 4.55. The fraction of sp³-hybridized carbons (Fsp3) is 0.400. The quantitative estimate of drug-likeness (QED) is 0.820. The van der Waals surface area contributed by atoms with Gasteiger partial charge in [0, 0.05) is 0 Å². The number of alkyl halides is 4. The highest BCUT2D eigenvalue weighted by atomic mass is 19.3. The Bertz CT molecular complexity index is 381. The Morgan fingerprint density at radius 2 is 1.94 bits per heavy atom. The minimum atomic E-state index is -4.33. The van der Waals surface area contributed by atoms with E-state index >= 15 is 0 Å². The molecule has 0 heterocycles. The van der Waals surface area contributed by atoms with Crippen molar-refractivity contribution in [2.75, 3.05) is 6.61 Å². The van der Waals surface area contributed by atoms with Crippen LogP contribution in [0.2, 0.25) is 0 Å². The second-order valence-electron chi connectivity index (χ2n) is 3.27. The number of aliphatic hydroxyl groups excluding tert-OH is 1. The highest BCUT2D eigenvalue weighted by Crippen LogP contribution is 2.25. The minimum Gasteiger partial charge on any atom is -0.484 e. The molecule has 2 nitrogen and oxygen atoms in total. The van der Waals surface area contributed by atoms with E-state index in [1.54, 1.807) is 0 Å². The van der Waals surface area contributed by atoms with Gasteiger partial charge in [-0.15, -0.1) is 0 Å². The molecule has 0 spiro atoms. The summed E-state index contributed by atoms with van der Waals surface area (Å²) < 4.78 is 65.9. The molecule has 0 amide bonds. The molecule has 0 unspecified atom stereocenters. The monoisotopic (exact) mass is 256 g/mol. The van der Waals surface area contributed by atoms with Gasteiger partial charge in [-0.2, -0.15) is 8.78 Å². The van der Waals surface area contributed by atoms with E-state index in [2.05, 4.69) is 4.74 Å². The molecule has 0 radical (unpaired) electrons. The van der Waals surface area contributed by atoms with Gasteiger partial charge in [0.15, 0.2) is 18.2 Å². The van der Waals surface area contributed by atoms with E-state index in [4.69, 9.17) is 5.11 Å². The van der Waals surface area contributed by atoms with Gasteiger partial charge in [-0.25, -0.2) is 13.2 Å². The zero-order valence-corrected chi connectivity index (χ0v) is 8.47. The molecule has 96 valence electrons. The SMILES string of the molecule is OCc1ccc(OCC(F)(F)C(F)F)c(F)c1. The maximum atomic E-state index is 13.1. The molecule has 7 heteroatoms. The van der Waals surface area contributed by atoms with Gasteiger partial charge < -0.3 is 9.84 Å². The lowest BCUT2D eigenvalue weighted by Gasteiger charge is -2.16. The summed E-state index contributed by atoms with van der Waals surface area (Å²) in [5.74, 6) is -5.90. The molecule has 0 aromatic heterocycles. The van der Waals surface area contributed by atoms with Gasteiger partial charge in [0.25, 0.3) is 0 Å². The van der Waals surface area contributed by atoms with Crippen LogP contribution in [-0.2, 0) is 6.61 Å². The first-order chi connectivity index (χ1) is 7.86. The summed E-state index contributed by atoms with van der Waals surface area (Å²) in [6.45, 7) is -2.04.